The molecule has 1 aromatic heterocycles. The third kappa shape index (κ3) is 1.89. The number of hydrogen-bond donors (Lipinski definition) is 2. The summed E-state index contributed by atoms with van der Waals surface area (Å²) in [6, 6.07) is -0.0263. The third-order valence-electron chi connectivity index (χ3n) is 2.43. The highest BCUT2D eigenvalue weighted by Gasteiger charge is 2.30. The maximum Gasteiger partial charge on any atom is 0.342 e. The van der Waals surface area contributed by atoms with Gasteiger partial charge in [0, 0.05) is 12.2 Å². The lowest BCUT2D eigenvalue weighted by atomic mass is 9.90. The fraction of sp³-hybridized carbons (Fsp3) is 0.444. The van der Waals surface area contributed by atoms with Gasteiger partial charge in [-0.3, -0.25) is 0 Å². The molecule has 1 saturated carbocycles. The average Bonchev–Trinajstić information content (AvgIpc) is 2.24. The molecule has 1 aliphatic carbocycles. The van der Waals surface area contributed by atoms with Gasteiger partial charge in [-0.2, -0.15) is 0 Å². The van der Waals surface area contributed by atoms with Crippen molar-refractivity contribution >= 4 is 5.97 Å². The minimum Gasteiger partial charge on any atom is -0.477 e. The summed E-state index contributed by atoms with van der Waals surface area (Å²) in [5.74, 6) is -1.00. The fourth-order valence-corrected chi connectivity index (χ4v) is 1.34. The Bertz CT molecular complexity index is 383. The number of carbonyl (C=O) groups is 1. The molecule has 0 radical (unpaired) electrons. The average molecular weight is 209 g/mol. The van der Waals surface area contributed by atoms with Crippen LogP contribution in [0, 0.1) is 0 Å². The molecule has 0 spiro atoms. The zero-order chi connectivity index (χ0) is 10.8. The van der Waals surface area contributed by atoms with Crippen LogP contribution in [-0.2, 0) is 0 Å². The lowest BCUT2D eigenvalue weighted by Crippen LogP contribution is -2.47. The number of rotatable bonds is 3. The van der Waals surface area contributed by atoms with Crippen molar-refractivity contribution in [1.29, 1.82) is 0 Å². The summed E-state index contributed by atoms with van der Waals surface area (Å²) in [5.41, 5.74) is 5.65. The first kappa shape index (κ1) is 9.85. The molecule has 1 fully saturated rings. The minimum absolute atomic E-state index is 0.0263. The van der Waals surface area contributed by atoms with Crippen LogP contribution in [0.2, 0.25) is 0 Å². The zero-order valence-electron chi connectivity index (χ0n) is 7.96. The number of aromatic nitrogens is 2. The molecule has 0 amide bonds. The minimum atomic E-state index is -1.10. The van der Waals surface area contributed by atoms with Gasteiger partial charge < -0.3 is 15.6 Å². The van der Waals surface area contributed by atoms with Crippen molar-refractivity contribution in [2.24, 2.45) is 5.73 Å². The summed E-state index contributed by atoms with van der Waals surface area (Å²) in [7, 11) is 0. The molecule has 6 nitrogen and oxygen atoms in total. The first-order valence-corrected chi connectivity index (χ1v) is 4.64. The second-order valence-electron chi connectivity index (χ2n) is 3.44. The summed E-state index contributed by atoms with van der Waals surface area (Å²) in [4.78, 5) is 18.2. The Morgan fingerprint density at radius 1 is 1.60 bits per heavy atom. The summed E-state index contributed by atoms with van der Waals surface area (Å²) >= 11 is 0. The normalized spacial score (nSPS) is 24.3. The van der Waals surface area contributed by atoms with E-state index in [0.717, 1.165) is 12.8 Å². The molecule has 2 unspecified atom stereocenters. The van der Waals surface area contributed by atoms with Crippen LogP contribution in [0.4, 0.5) is 0 Å². The van der Waals surface area contributed by atoms with Gasteiger partial charge in [-0.25, -0.2) is 14.8 Å². The van der Waals surface area contributed by atoms with E-state index in [0.29, 0.717) is 0 Å². The number of carboxylic acids is 1. The van der Waals surface area contributed by atoms with Gasteiger partial charge in [0.1, 0.15) is 18.0 Å². The third-order valence-corrected chi connectivity index (χ3v) is 2.43. The quantitative estimate of drug-likeness (QED) is 0.729. The van der Waals surface area contributed by atoms with Crippen LogP contribution in [0.25, 0.3) is 0 Å². The molecular formula is C9H11N3O3. The van der Waals surface area contributed by atoms with Crippen LogP contribution in [0.15, 0.2) is 12.5 Å². The maximum atomic E-state index is 10.8. The van der Waals surface area contributed by atoms with Crippen LogP contribution in [-0.4, -0.2) is 33.2 Å². The van der Waals surface area contributed by atoms with E-state index in [-0.39, 0.29) is 23.6 Å². The first-order chi connectivity index (χ1) is 7.18. The molecule has 1 heterocycles. The number of aromatic carboxylic acids is 1. The second-order valence-corrected chi connectivity index (χ2v) is 3.44. The van der Waals surface area contributed by atoms with E-state index in [9.17, 15) is 4.79 Å². The smallest absolute Gasteiger partial charge is 0.342 e. The molecule has 0 bridgehead atoms. The molecule has 2 rings (SSSR count). The Hall–Kier alpha value is -1.69. The lowest BCUT2D eigenvalue weighted by molar-refractivity contribution is 0.0654. The summed E-state index contributed by atoms with van der Waals surface area (Å²) in [5, 5.41) is 8.84. The van der Waals surface area contributed by atoms with E-state index in [1.54, 1.807) is 0 Å². The number of nitrogens with two attached hydrogens (primary N) is 1. The first-order valence-electron chi connectivity index (χ1n) is 4.64. The Kier molecular flexibility index (Phi) is 2.51. The Morgan fingerprint density at radius 2 is 2.40 bits per heavy atom. The summed E-state index contributed by atoms with van der Waals surface area (Å²) in [6.07, 6.45) is 4.08. The van der Waals surface area contributed by atoms with Gasteiger partial charge >= 0.3 is 5.97 Å². The Labute approximate surface area is 86.1 Å². The highest BCUT2D eigenvalue weighted by atomic mass is 16.5. The molecule has 0 aliphatic heterocycles. The molecule has 1 aromatic rings. The predicted octanol–water partition coefficient (Wildman–Crippen LogP) is 0.0433. The van der Waals surface area contributed by atoms with E-state index >= 15 is 0 Å². The number of ether oxygens (including phenoxy) is 1. The van der Waals surface area contributed by atoms with Gasteiger partial charge in [0.2, 0.25) is 5.88 Å². The van der Waals surface area contributed by atoms with Gasteiger partial charge in [0.25, 0.3) is 0 Å². The van der Waals surface area contributed by atoms with E-state index < -0.39 is 5.97 Å². The molecule has 2 atom stereocenters. The number of nitrogens with zero attached hydrogens (tertiary/aromatic N) is 2. The molecule has 15 heavy (non-hydrogen) atoms. The molecule has 0 aromatic carbocycles. The van der Waals surface area contributed by atoms with Gasteiger partial charge in [-0.15, -0.1) is 0 Å². The van der Waals surface area contributed by atoms with E-state index in [1.165, 1.54) is 12.5 Å². The predicted molar refractivity (Wildman–Crippen MR) is 50.6 cm³/mol. The maximum absolute atomic E-state index is 10.8. The SMILES string of the molecule is NC1CCC1Oc1ncncc1C(=O)O. The monoisotopic (exact) mass is 209 g/mol. The van der Waals surface area contributed by atoms with E-state index in [4.69, 9.17) is 15.6 Å². The Morgan fingerprint density at radius 3 is 2.93 bits per heavy atom. The van der Waals surface area contributed by atoms with Gasteiger partial charge in [-0.05, 0) is 12.8 Å². The van der Waals surface area contributed by atoms with Crippen molar-refractivity contribution < 1.29 is 14.6 Å². The van der Waals surface area contributed by atoms with E-state index in [2.05, 4.69) is 9.97 Å². The van der Waals surface area contributed by atoms with Crippen LogP contribution >= 0.6 is 0 Å². The van der Waals surface area contributed by atoms with Crippen molar-refractivity contribution in [3.05, 3.63) is 18.1 Å². The number of carboxylic acid groups (broad SMARTS) is 1. The molecule has 6 heteroatoms. The fourth-order valence-electron chi connectivity index (χ4n) is 1.34. The van der Waals surface area contributed by atoms with Crippen molar-refractivity contribution in [3.8, 4) is 5.88 Å². The van der Waals surface area contributed by atoms with Crippen molar-refractivity contribution in [2.75, 3.05) is 0 Å². The summed E-state index contributed by atoms with van der Waals surface area (Å²) < 4.78 is 5.40. The highest BCUT2D eigenvalue weighted by Crippen LogP contribution is 2.24. The lowest BCUT2D eigenvalue weighted by Gasteiger charge is -2.33. The van der Waals surface area contributed by atoms with Crippen LogP contribution < -0.4 is 10.5 Å². The standard InChI is InChI=1S/C9H11N3O3/c10-6-1-2-7(6)15-8-5(9(13)14)3-11-4-12-8/h3-4,6-7H,1-2,10H2,(H,13,14). The van der Waals surface area contributed by atoms with Crippen molar-refractivity contribution in [2.45, 2.75) is 25.0 Å². The Balaban J connectivity index is 2.16. The number of hydrogen-bond acceptors (Lipinski definition) is 5. The van der Waals surface area contributed by atoms with Crippen LogP contribution in [0.5, 0.6) is 5.88 Å². The largest absolute Gasteiger partial charge is 0.477 e. The highest BCUT2D eigenvalue weighted by molar-refractivity contribution is 5.89. The van der Waals surface area contributed by atoms with Crippen molar-refractivity contribution in [3.63, 3.8) is 0 Å². The molecule has 3 N–H and O–H groups in total. The van der Waals surface area contributed by atoms with Gasteiger partial charge in [0.05, 0.1) is 0 Å². The van der Waals surface area contributed by atoms with E-state index in [1.807, 2.05) is 0 Å². The molecule has 80 valence electrons. The zero-order valence-corrected chi connectivity index (χ0v) is 7.96. The molecule has 0 saturated heterocycles. The summed E-state index contributed by atoms with van der Waals surface area (Å²) in [6.45, 7) is 0. The second kappa shape index (κ2) is 3.82. The van der Waals surface area contributed by atoms with Gasteiger partial charge in [0.15, 0.2) is 0 Å². The molecular weight excluding hydrogens is 198 g/mol. The topological polar surface area (TPSA) is 98.3 Å². The van der Waals surface area contributed by atoms with Crippen molar-refractivity contribution in [1.82, 2.24) is 9.97 Å². The van der Waals surface area contributed by atoms with Crippen LogP contribution in [0.1, 0.15) is 23.2 Å². The van der Waals surface area contributed by atoms with Gasteiger partial charge in [-0.1, -0.05) is 0 Å². The molecule has 1 aliphatic rings. The van der Waals surface area contributed by atoms with Crippen LogP contribution in [0.3, 0.4) is 0 Å².